The van der Waals surface area contributed by atoms with Crippen LogP contribution in [0.1, 0.15) is 26.7 Å². The van der Waals surface area contributed by atoms with E-state index in [0.29, 0.717) is 25.6 Å². The molecule has 2 aliphatic heterocycles. The highest BCUT2D eigenvalue weighted by Gasteiger charge is 2.31. The van der Waals surface area contributed by atoms with Crippen LogP contribution in [0.5, 0.6) is 0 Å². The maximum atomic E-state index is 12.4. The number of amides is 2. The molecule has 1 N–H and O–H groups in total. The quantitative estimate of drug-likeness (QED) is 0.819. The van der Waals surface area contributed by atoms with E-state index in [2.05, 4.69) is 18.7 Å². The summed E-state index contributed by atoms with van der Waals surface area (Å²) in [7, 11) is 0. The molecule has 0 aromatic rings. The lowest BCUT2D eigenvalue weighted by atomic mass is 9.98. The molecule has 2 fully saturated rings. The second kappa shape index (κ2) is 6.43. The first-order valence-electron chi connectivity index (χ1n) is 7.49. The number of aliphatic carboxylic acids is 1. The van der Waals surface area contributed by atoms with Gasteiger partial charge in [-0.25, -0.2) is 4.79 Å². The summed E-state index contributed by atoms with van der Waals surface area (Å²) in [5.41, 5.74) is 0. The molecule has 20 heavy (non-hydrogen) atoms. The Balaban J connectivity index is 1.87. The predicted octanol–water partition coefficient (Wildman–Crippen LogP) is 0.929. The Labute approximate surface area is 120 Å². The smallest absolute Gasteiger partial charge is 0.320 e. The number of carbonyl (C=O) groups is 2. The summed E-state index contributed by atoms with van der Waals surface area (Å²) in [6, 6.07) is 0.526. The van der Waals surface area contributed by atoms with Gasteiger partial charge in [0.1, 0.15) is 0 Å². The van der Waals surface area contributed by atoms with E-state index >= 15 is 0 Å². The number of urea groups is 1. The molecule has 6 nitrogen and oxygen atoms in total. The van der Waals surface area contributed by atoms with Gasteiger partial charge in [0.15, 0.2) is 0 Å². The van der Waals surface area contributed by atoms with E-state index in [1.54, 1.807) is 4.90 Å². The second-order valence-corrected chi connectivity index (χ2v) is 6.02. The van der Waals surface area contributed by atoms with Crippen LogP contribution < -0.4 is 0 Å². The van der Waals surface area contributed by atoms with Gasteiger partial charge in [0.2, 0.25) is 0 Å². The molecule has 0 aromatic carbocycles. The minimum absolute atomic E-state index is 0.0133. The van der Waals surface area contributed by atoms with E-state index in [9.17, 15) is 9.59 Å². The fourth-order valence-electron chi connectivity index (χ4n) is 2.98. The van der Waals surface area contributed by atoms with Gasteiger partial charge in [-0.2, -0.15) is 0 Å². The molecule has 114 valence electrons. The van der Waals surface area contributed by atoms with E-state index in [4.69, 9.17) is 5.11 Å². The summed E-state index contributed by atoms with van der Waals surface area (Å²) in [5.74, 6) is -1.18. The molecule has 2 aliphatic rings. The average molecular weight is 283 g/mol. The third-order valence-corrected chi connectivity index (χ3v) is 4.36. The first-order chi connectivity index (χ1) is 9.49. The number of carboxylic acid groups (broad SMARTS) is 1. The first-order valence-corrected chi connectivity index (χ1v) is 7.49. The lowest BCUT2D eigenvalue weighted by Crippen LogP contribution is -2.55. The van der Waals surface area contributed by atoms with Crippen molar-refractivity contribution < 1.29 is 14.7 Å². The van der Waals surface area contributed by atoms with Gasteiger partial charge in [-0.1, -0.05) is 0 Å². The molecule has 0 spiro atoms. The molecule has 2 heterocycles. The van der Waals surface area contributed by atoms with E-state index in [1.165, 1.54) is 0 Å². The van der Waals surface area contributed by atoms with Gasteiger partial charge in [0, 0.05) is 45.3 Å². The van der Waals surface area contributed by atoms with Crippen LogP contribution in [-0.4, -0.2) is 77.1 Å². The van der Waals surface area contributed by atoms with Gasteiger partial charge < -0.3 is 14.9 Å². The Morgan fingerprint density at radius 2 is 1.70 bits per heavy atom. The van der Waals surface area contributed by atoms with Crippen molar-refractivity contribution in [2.75, 3.05) is 39.3 Å². The zero-order valence-electron chi connectivity index (χ0n) is 12.4. The van der Waals surface area contributed by atoms with Crippen LogP contribution in [0.2, 0.25) is 0 Å². The highest BCUT2D eigenvalue weighted by atomic mass is 16.4. The number of piperidine rings is 1. The Kier molecular flexibility index (Phi) is 4.86. The van der Waals surface area contributed by atoms with Crippen LogP contribution in [0.15, 0.2) is 0 Å². The van der Waals surface area contributed by atoms with Crippen molar-refractivity contribution >= 4 is 12.0 Å². The molecule has 2 rings (SSSR count). The first kappa shape index (κ1) is 15.1. The minimum atomic E-state index is -0.785. The lowest BCUT2D eigenvalue weighted by Gasteiger charge is -2.40. The minimum Gasteiger partial charge on any atom is -0.481 e. The van der Waals surface area contributed by atoms with Gasteiger partial charge in [-0.3, -0.25) is 9.69 Å². The molecule has 2 saturated heterocycles. The van der Waals surface area contributed by atoms with Gasteiger partial charge in [-0.05, 0) is 26.7 Å². The summed E-state index contributed by atoms with van der Waals surface area (Å²) in [6.45, 7) is 8.67. The highest BCUT2D eigenvalue weighted by Crippen LogP contribution is 2.18. The summed E-state index contributed by atoms with van der Waals surface area (Å²) in [5, 5.41) is 9.09. The zero-order valence-corrected chi connectivity index (χ0v) is 12.4. The number of piperazine rings is 1. The molecular formula is C14H25N3O3. The van der Waals surface area contributed by atoms with Gasteiger partial charge in [0.25, 0.3) is 0 Å². The van der Waals surface area contributed by atoms with Crippen molar-refractivity contribution in [3.8, 4) is 0 Å². The van der Waals surface area contributed by atoms with Gasteiger partial charge >= 0.3 is 12.0 Å². The number of carbonyl (C=O) groups excluding carboxylic acids is 1. The van der Waals surface area contributed by atoms with Crippen LogP contribution in [0.4, 0.5) is 4.79 Å². The predicted molar refractivity (Wildman–Crippen MR) is 75.6 cm³/mol. The number of hydrogen-bond donors (Lipinski definition) is 1. The Morgan fingerprint density at radius 3 is 2.25 bits per heavy atom. The molecule has 0 saturated carbocycles. The maximum Gasteiger partial charge on any atom is 0.320 e. The van der Waals surface area contributed by atoms with Crippen LogP contribution in [-0.2, 0) is 4.79 Å². The van der Waals surface area contributed by atoms with Crippen LogP contribution in [0, 0.1) is 5.92 Å². The van der Waals surface area contributed by atoms with Crippen molar-refractivity contribution in [1.82, 2.24) is 14.7 Å². The normalized spacial score (nSPS) is 25.1. The number of hydrogen-bond acceptors (Lipinski definition) is 3. The molecule has 0 radical (unpaired) electrons. The van der Waals surface area contributed by atoms with Crippen LogP contribution in [0.25, 0.3) is 0 Å². The maximum absolute atomic E-state index is 12.4. The molecule has 2 amide bonds. The summed E-state index contributed by atoms with van der Waals surface area (Å²) < 4.78 is 0. The fourth-order valence-corrected chi connectivity index (χ4v) is 2.98. The number of carboxylic acids is 1. The van der Waals surface area contributed by atoms with Gasteiger partial charge in [0.05, 0.1) is 5.92 Å². The topological polar surface area (TPSA) is 64.1 Å². The SMILES string of the molecule is CC(C)N1CCN(C(=O)N2CCCC(C(=O)O)C2)CC1. The average Bonchev–Trinajstić information content (AvgIpc) is 2.46. The third-order valence-electron chi connectivity index (χ3n) is 4.36. The third kappa shape index (κ3) is 3.42. The van der Waals surface area contributed by atoms with Gasteiger partial charge in [-0.15, -0.1) is 0 Å². The Morgan fingerprint density at radius 1 is 1.05 bits per heavy atom. The van der Waals surface area contributed by atoms with E-state index in [-0.39, 0.29) is 6.03 Å². The molecule has 6 heteroatoms. The van der Waals surface area contributed by atoms with Crippen LogP contribution >= 0.6 is 0 Å². The van der Waals surface area contributed by atoms with Crippen molar-refractivity contribution in [2.24, 2.45) is 5.92 Å². The molecule has 0 aliphatic carbocycles. The summed E-state index contributed by atoms with van der Waals surface area (Å²) >= 11 is 0. The molecular weight excluding hydrogens is 258 g/mol. The lowest BCUT2D eigenvalue weighted by molar-refractivity contribution is -0.143. The second-order valence-electron chi connectivity index (χ2n) is 6.02. The fraction of sp³-hybridized carbons (Fsp3) is 0.857. The van der Waals surface area contributed by atoms with E-state index in [0.717, 1.165) is 32.6 Å². The number of likely N-dealkylation sites (tertiary alicyclic amines) is 1. The number of rotatable bonds is 2. The largest absolute Gasteiger partial charge is 0.481 e. The highest BCUT2D eigenvalue weighted by molar-refractivity contribution is 5.76. The van der Waals surface area contributed by atoms with E-state index < -0.39 is 11.9 Å². The molecule has 0 aromatic heterocycles. The van der Waals surface area contributed by atoms with Crippen molar-refractivity contribution in [3.63, 3.8) is 0 Å². The zero-order chi connectivity index (χ0) is 14.7. The van der Waals surface area contributed by atoms with Crippen molar-refractivity contribution in [1.29, 1.82) is 0 Å². The Bertz CT molecular complexity index is 365. The van der Waals surface area contributed by atoms with E-state index in [1.807, 2.05) is 4.90 Å². The number of nitrogens with zero attached hydrogens (tertiary/aromatic N) is 3. The molecule has 1 atom stereocenters. The molecule has 0 bridgehead atoms. The Hall–Kier alpha value is -1.30. The van der Waals surface area contributed by atoms with Crippen molar-refractivity contribution in [2.45, 2.75) is 32.7 Å². The summed E-state index contributed by atoms with van der Waals surface area (Å²) in [6.07, 6.45) is 1.47. The van der Waals surface area contributed by atoms with Crippen molar-refractivity contribution in [3.05, 3.63) is 0 Å². The monoisotopic (exact) mass is 283 g/mol. The molecule has 1 unspecified atom stereocenters. The summed E-state index contributed by atoms with van der Waals surface area (Å²) in [4.78, 5) is 29.4. The van der Waals surface area contributed by atoms with Crippen LogP contribution in [0.3, 0.4) is 0 Å². The standard InChI is InChI=1S/C14H25N3O3/c1-11(2)15-6-8-16(9-7-15)14(20)17-5-3-4-12(10-17)13(18)19/h11-12H,3-10H2,1-2H3,(H,18,19).